The Labute approximate surface area is 218 Å². The Hall–Kier alpha value is -4.03. The van der Waals surface area contributed by atoms with E-state index in [2.05, 4.69) is 53.4 Å². The third-order valence-electron chi connectivity index (χ3n) is 7.09. The summed E-state index contributed by atoms with van der Waals surface area (Å²) in [6.45, 7) is 2.93. The zero-order valence-electron chi connectivity index (χ0n) is 21.5. The summed E-state index contributed by atoms with van der Waals surface area (Å²) < 4.78 is 16.6. The third kappa shape index (κ3) is 4.85. The van der Waals surface area contributed by atoms with Crippen molar-refractivity contribution in [1.82, 2.24) is 9.80 Å². The largest absolute Gasteiger partial charge is 0.493 e. The SMILES string of the molecule is COc1cc2cc(C(=O)N3CCN(C(c4ccccc4)c4ccccc4)CC3)ccc2c(OC)c1OC. The highest BCUT2D eigenvalue weighted by atomic mass is 16.5. The molecule has 1 aliphatic rings. The number of ether oxygens (including phenoxy) is 3. The quantitative estimate of drug-likeness (QED) is 0.342. The molecular formula is C31H32N2O4. The highest BCUT2D eigenvalue weighted by Crippen LogP contribution is 2.43. The lowest BCUT2D eigenvalue weighted by molar-refractivity contribution is 0.0597. The van der Waals surface area contributed by atoms with Crippen LogP contribution in [0.3, 0.4) is 0 Å². The molecule has 1 saturated heterocycles. The van der Waals surface area contributed by atoms with Crippen LogP contribution in [0.5, 0.6) is 17.2 Å². The average molecular weight is 497 g/mol. The molecule has 190 valence electrons. The van der Waals surface area contributed by atoms with Crippen molar-refractivity contribution in [2.75, 3.05) is 47.5 Å². The summed E-state index contributed by atoms with van der Waals surface area (Å²) in [5.74, 6) is 1.74. The van der Waals surface area contributed by atoms with Gasteiger partial charge >= 0.3 is 0 Å². The van der Waals surface area contributed by atoms with Crippen LogP contribution < -0.4 is 14.2 Å². The number of nitrogens with zero attached hydrogens (tertiary/aromatic N) is 2. The fraction of sp³-hybridized carbons (Fsp3) is 0.258. The molecule has 0 unspecified atom stereocenters. The molecule has 6 heteroatoms. The summed E-state index contributed by atoms with van der Waals surface area (Å²) in [6.07, 6.45) is 0. The van der Waals surface area contributed by atoms with Gasteiger partial charge in [-0.2, -0.15) is 0 Å². The first-order chi connectivity index (χ1) is 18.1. The maximum Gasteiger partial charge on any atom is 0.253 e. The highest BCUT2D eigenvalue weighted by Gasteiger charge is 2.29. The summed E-state index contributed by atoms with van der Waals surface area (Å²) in [7, 11) is 4.78. The molecule has 5 rings (SSSR count). The number of carbonyl (C=O) groups is 1. The number of amides is 1. The molecule has 0 aliphatic carbocycles. The minimum atomic E-state index is 0.0336. The summed E-state index contributed by atoms with van der Waals surface area (Å²) in [4.78, 5) is 17.9. The number of carbonyl (C=O) groups excluding carboxylic acids is 1. The van der Waals surface area contributed by atoms with Crippen LogP contribution >= 0.6 is 0 Å². The van der Waals surface area contributed by atoms with Gasteiger partial charge in [0.2, 0.25) is 5.75 Å². The van der Waals surface area contributed by atoms with E-state index in [1.165, 1.54) is 11.1 Å². The summed E-state index contributed by atoms with van der Waals surface area (Å²) in [5.41, 5.74) is 3.18. The van der Waals surface area contributed by atoms with E-state index < -0.39 is 0 Å². The van der Waals surface area contributed by atoms with Crippen molar-refractivity contribution >= 4 is 16.7 Å². The van der Waals surface area contributed by atoms with Crippen molar-refractivity contribution in [3.05, 3.63) is 102 Å². The van der Waals surface area contributed by atoms with Crippen LogP contribution in [-0.2, 0) is 0 Å². The van der Waals surface area contributed by atoms with Crippen molar-refractivity contribution in [3.8, 4) is 17.2 Å². The lowest BCUT2D eigenvalue weighted by atomic mass is 9.96. The first-order valence-electron chi connectivity index (χ1n) is 12.5. The van der Waals surface area contributed by atoms with E-state index in [0.29, 0.717) is 35.9 Å². The van der Waals surface area contributed by atoms with Gasteiger partial charge in [-0.25, -0.2) is 0 Å². The Morgan fingerprint density at radius 1 is 0.703 bits per heavy atom. The Morgan fingerprint density at radius 2 is 1.30 bits per heavy atom. The van der Waals surface area contributed by atoms with Crippen molar-refractivity contribution in [1.29, 1.82) is 0 Å². The summed E-state index contributed by atoms with van der Waals surface area (Å²) >= 11 is 0. The van der Waals surface area contributed by atoms with Crippen LogP contribution in [0.1, 0.15) is 27.5 Å². The average Bonchev–Trinajstić information content (AvgIpc) is 2.97. The number of methoxy groups -OCH3 is 3. The number of rotatable bonds is 7. The first-order valence-corrected chi connectivity index (χ1v) is 12.5. The zero-order chi connectivity index (χ0) is 25.8. The van der Waals surface area contributed by atoms with E-state index in [0.717, 1.165) is 23.9 Å². The normalized spacial score (nSPS) is 14.1. The second kappa shape index (κ2) is 10.9. The number of piperazine rings is 1. The molecule has 0 N–H and O–H groups in total. The zero-order valence-corrected chi connectivity index (χ0v) is 21.5. The smallest absolute Gasteiger partial charge is 0.253 e. The molecule has 1 aliphatic heterocycles. The van der Waals surface area contributed by atoms with Gasteiger partial charge in [0.25, 0.3) is 5.91 Å². The Kier molecular flexibility index (Phi) is 7.28. The number of hydrogen-bond donors (Lipinski definition) is 0. The molecule has 0 aromatic heterocycles. The molecule has 6 nitrogen and oxygen atoms in total. The van der Waals surface area contributed by atoms with Gasteiger partial charge < -0.3 is 19.1 Å². The second-order valence-electron chi connectivity index (χ2n) is 9.13. The van der Waals surface area contributed by atoms with Crippen LogP contribution in [0.2, 0.25) is 0 Å². The number of benzene rings is 4. The first kappa shape index (κ1) is 24.7. The van der Waals surface area contributed by atoms with Gasteiger partial charge in [-0.15, -0.1) is 0 Å². The van der Waals surface area contributed by atoms with Gasteiger partial charge in [-0.3, -0.25) is 9.69 Å². The monoisotopic (exact) mass is 496 g/mol. The van der Waals surface area contributed by atoms with E-state index in [9.17, 15) is 4.79 Å². The molecule has 1 fully saturated rings. The fourth-order valence-corrected chi connectivity index (χ4v) is 5.26. The van der Waals surface area contributed by atoms with Crippen molar-refractivity contribution in [2.45, 2.75) is 6.04 Å². The predicted molar refractivity (Wildman–Crippen MR) is 146 cm³/mol. The van der Waals surface area contributed by atoms with E-state index in [4.69, 9.17) is 14.2 Å². The Bertz CT molecular complexity index is 1330. The van der Waals surface area contributed by atoms with Crippen LogP contribution in [0.4, 0.5) is 0 Å². The van der Waals surface area contributed by atoms with E-state index >= 15 is 0 Å². The molecule has 37 heavy (non-hydrogen) atoms. The van der Waals surface area contributed by atoms with Gasteiger partial charge in [0.1, 0.15) is 0 Å². The molecule has 4 aromatic rings. The Balaban J connectivity index is 1.37. The molecule has 0 saturated carbocycles. The summed E-state index contributed by atoms with van der Waals surface area (Å²) in [5, 5.41) is 1.74. The van der Waals surface area contributed by atoms with E-state index in [1.807, 2.05) is 41.3 Å². The molecule has 1 heterocycles. The Morgan fingerprint density at radius 3 is 1.84 bits per heavy atom. The van der Waals surface area contributed by atoms with Crippen LogP contribution in [0, 0.1) is 0 Å². The van der Waals surface area contributed by atoms with Crippen LogP contribution in [0.25, 0.3) is 10.8 Å². The molecule has 1 amide bonds. The third-order valence-corrected chi connectivity index (χ3v) is 7.09. The molecule has 0 bridgehead atoms. The lowest BCUT2D eigenvalue weighted by Gasteiger charge is -2.39. The maximum absolute atomic E-state index is 13.5. The van der Waals surface area contributed by atoms with Crippen molar-refractivity contribution in [2.24, 2.45) is 0 Å². The number of fused-ring (bicyclic) bond motifs is 1. The van der Waals surface area contributed by atoms with Gasteiger partial charge in [-0.05, 0) is 40.8 Å². The van der Waals surface area contributed by atoms with Gasteiger partial charge in [0, 0.05) is 37.1 Å². The maximum atomic E-state index is 13.5. The minimum absolute atomic E-state index is 0.0336. The second-order valence-corrected chi connectivity index (χ2v) is 9.13. The molecule has 0 spiro atoms. The summed E-state index contributed by atoms with van der Waals surface area (Å²) in [6, 6.07) is 28.9. The predicted octanol–water partition coefficient (Wildman–Crippen LogP) is 5.41. The van der Waals surface area contributed by atoms with Crippen molar-refractivity contribution < 1.29 is 19.0 Å². The fourth-order valence-electron chi connectivity index (χ4n) is 5.26. The molecule has 4 aromatic carbocycles. The highest BCUT2D eigenvalue weighted by molar-refractivity contribution is 6.01. The van der Waals surface area contributed by atoms with Crippen LogP contribution in [-0.4, -0.2) is 63.2 Å². The standard InChI is InChI=1S/C31H32N2O4/c1-35-27-21-25-20-24(14-15-26(25)29(36-2)30(27)37-3)31(34)33-18-16-32(17-19-33)28(22-10-6-4-7-11-22)23-12-8-5-9-13-23/h4-15,20-21,28H,16-19H2,1-3H3. The lowest BCUT2D eigenvalue weighted by Crippen LogP contribution is -2.49. The van der Waals surface area contributed by atoms with Gasteiger partial charge in [0.15, 0.2) is 11.5 Å². The topological polar surface area (TPSA) is 51.2 Å². The minimum Gasteiger partial charge on any atom is -0.493 e. The molecule has 0 atom stereocenters. The van der Waals surface area contributed by atoms with Crippen LogP contribution in [0.15, 0.2) is 84.9 Å². The van der Waals surface area contributed by atoms with E-state index in [1.54, 1.807) is 21.3 Å². The van der Waals surface area contributed by atoms with Gasteiger partial charge in [0.05, 0.1) is 27.4 Å². The van der Waals surface area contributed by atoms with E-state index in [-0.39, 0.29) is 11.9 Å². The molecule has 0 radical (unpaired) electrons. The molecular weight excluding hydrogens is 464 g/mol. The van der Waals surface area contributed by atoms with Crippen molar-refractivity contribution in [3.63, 3.8) is 0 Å². The van der Waals surface area contributed by atoms with Gasteiger partial charge in [-0.1, -0.05) is 60.7 Å². The number of hydrogen-bond acceptors (Lipinski definition) is 5.